The summed E-state index contributed by atoms with van der Waals surface area (Å²) in [6, 6.07) is 7.90. The van der Waals surface area contributed by atoms with Gasteiger partial charge in [-0.2, -0.15) is 0 Å². The predicted octanol–water partition coefficient (Wildman–Crippen LogP) is 5.94. The van der Waals surface area contributed by atoms with E-state index in [0.29, 0.717) is 34.6 Å². The van der Waals surface area contributed by atoms with Crippen LogP contribution in [0.25, 0.3) is 10.9 Å². The quantitative estimate of drug-likeness (QED) is 0.331. The molecule has 41 heavy (non-hydrogen) atoms. The molecule has 0 radical (unpaired) electrons. The SMILES string of the molecule is CCOC(=O)c1c(NC(=O)C(CC)OC(=O)c2c3c(nc4ccccc24)CCN(C(C)C)C3)sc2c1CCC(C)C2. The molecule has 3 aromatic rings. The van der Waals surface area contributed by atoms with Crippen molar-refractivity contribution in [2.45, 2.75) is 85.4 Å². The molecule has 1 aliphatic heterocycles. The second kappa shape index (κ2) is 12.3. The van der Waals surface area contributed by atoms with Crippen molar-refractivity contribution >= 4 is 45.1 Å². The number of pyridine rings is 1. The van der Waals surface area contributed by atoms with Gasteiger partial charge in [0.2, 0.25) is 0 Å². The lowest BCUT2D eigenvalue weighted by Gasteiger charge is -2.32. The Labute approximate surface area is 245 Å². The van der Waals surface area contributed by atoms with Gasteiger partial charge in [0.15, 0.2) is 6.10 Å². The number of nitrogens with zero attached hydrogens (tertiary/aromatic N) is 2. The van der Waals surface area contributed by atoms with Crippen LogP contribution in [0.2, 0.25) is 0 Å². The molecule has 9 heteroatoms. The van der Waals surface area contributed by atoms with Crippen molar-refractivity contribution in [2.24, 2.45) is 5.92 Å². The third kappa shape index (κ3) is 5.88. The van der Waals surface area contributed by atoms with Crippen molar-refractivity contribution in [2.75, 3.05) is 18.5 Å². The van der Waals surface area contributed by atoms with Gasteiger partial charge in [-0.1, -0.05) is 32.0 Å². The van der Waals surface area contributed by atoms with Crippen LogP contribution in [0, 0.1) is 5.92 Å². The smallest absolute Gasteiger partial charge is 0.341 e. The van der Waals surface area contributed by atoms with Crippen molar-refractivity contribution < 1.29 is 23.9 Å². The Morgan fingerprint density at radius 1 is 1.10 bits per heavy atom. The molecule has 2 atom stereocenters. The van der Waals surface area contributed by atoms with Crippen molar-refractivity contribution in [3.63, 3.8) is 0 Å². The maximum absolute atomic E-state index is 13.9. The molecule has 8 nitrogen and oxygen atoms in total. The fourth-order valence-corrected chi connectivity index (χ4v) is 7.25. The highest BCUT2D eigenvalue weighted by Gasteiger charge is 2.33. The standard InChI is InChI=1S/C32H39N3O5S/c1-6-25(29(36)34-30-28(31(37)39-7-2)21-13-12-19(5)16-26(21)41-30)40-32(38)27-20-10-8-9-11-23(20)33-24-14-15-35(18(3)4)17-22(24)27/h8-11,18-19,25H,6-7,12-17H2,1-5H3,(H,34,36). The summed E-state index contributed by atoms with van der Waals surface area (Å²) < 4.78 is 11.3. The highest BCUT2D eigenvalue weighted by atomic mass is 32.1. The van der Waals surface area contributed by atoms with E-state index in [1.54, 1.807) is 6.92 Å². The lowest BCUT2D eigenvalue weighted by Crippen LogP contribution is -2.38. The van der Waals surface area contributed by atoms with E-state index < -0.39 is 23.9 Å². The van der Waals surface area contributed by atoms with Crippen LogP contribution in [0.3, 0.4) is 0 Å². The van der Waals surface area contributed by atoms with Crippen LogP contribution >= 0.6 is 11.3 Å². The van der Waals surface area contributed by atoms with Crippen molar-refractivity contribution in [1.29, 1.82) is 0 Å². The first-order valence-electron chi connectivity index (χ1n) is 14.7. The molecule has 1 aliphatic carbocycles. The maximum atomic E-state index is 13.9. The molecule has 0 fully saturated rings. The number of carbonyl (C=O) groups excluding carboxylic acids is 3. The van der Waals surface area contributed by atoms with Crippen LogP contribution in [0.5, 0.6) is 0 Å². The number of fused-ring (bicyclic) bond motifs is 3. The van der Waals surface area contributed by atoms with Crippen LogP contribution in [0.1, 0.15) is 89.9 Å². The molecule has 2 aliphatic rings. The first-order chi connectivity index (χ1) is 19.7. The molecule has 1 amide bonds. The van der Waals surface area contributed by atoms with E-state index in [1.165, 1.54) is 11.3 Å². The normalized spacial score (nSPS) is 17.6. The van der Waals surface area contributed by atoms with Crippen LogP contribution in [0.4, 0.5) is 5.00 Å². The van der Waals surface area contributed by atoms with E-state index in [4.69, 9.17) is 14.5 Å². The zero-order chi connectivity index (χ0) is 29.3. The minimum absolute atomic E-state index is 0.251. The van der Waals surface area contributed by atoms with Crippen molar-refractivity contribution in [3.05, 3.63) is 57.1 Å². The number of amides is 1. The van der Waals surface area contributed by atoms with Gasteiger partial charge in [-0.3, -0.25) is 14.7 Å². The molecule has 218 valence electrons. The summed E-state index contributed by atoms with van der Waals surface area (Å²) in [7, 11) is 0. The minimum atomic E-state index is -1.03. The van der Waals surface area contributed by atoms with Gasteiger partial charge in [0, 0.05) is 47.1 Å². The molecular weight excluding hydrogens is 538 g/mol. The Morgan fingerprint density at radius 3 is 2.61 bits per heavy atom. The van der Waals surface area contributed by atoms with Gasteiger partial charge >= 0.3 is 11.9 Å². The number of hydrogen-bond acceptors (Lipinski definition) is 8. The number of para-hydroxylation sites is 1. The molecule has 3 heterocycles. The maximum Gasteiger partial charge on any atom is 0.341 e. The number of benzene rings is 1. The molecule has 0 saturated carbocycles. The fraction of sp³-hybridized carbons (Fsp3) is 0.500. The Morgan fingerprint density at radius 2 is 1.88 bits per heavy atom. The summed E-state index contributed by atoms with van der Waals surface area (Å²) in [4.78, 5) is 48.7. The van der Waals surface area contributed by atoms with Crippen molar-refractivity contribution in [1.82, 2.24) is 9.88 Å². The van der Waals surface area contributed by atoms with E-state index in [1.807, 2.05) is 31.2 Å². The van der Waals surface area contributed by atoms with E-state index in [2.05, 4.69) is 31.0 Å². The van der Waals surface area contributed by atoms with E-state index in [0.717, 1.165) is 64.8 Å². The number of hydrogen-bond donors (Lipinski definition) is 1. The number of esters is 2. The summed E-state index contributed by atoms with van der Waals surface area (Å²) in [5.74, 6) is -0.896. The second-order valence-corrected chi connectivity index (χ2v) is 12.4. The summed E-state index contributed by atoms with van der Waals surface area (Å²) in [6.07, 6.45) is 2.63. The first-order valence-corrected chi connectivity index (χ1v) is 15.5. The zero-order valence-corrected chi connectivity index (χ0v) is 25.4. The van der Waals surface area contributed by atoms with Crippen LogP contribution in [-0.4, -0.2) is 53.0 Å². The van der Waals surface area contributed by atoms with Crippen molar-refractivity contribution in [3.8, 4) is 0 Å². The topological polar surface area (TPSA) is 97.8 Å². The number of ether oxygens (including phenoxy) is 2. The Kier molecular flexibility index (Phi) is 8.75. The number of nitrogens with one attached hydrogen (secondary N) is 1. The van der Waals surface area contributed by atoms with Gasteiger partial charge in [-0.25, -0.2) is 9.59 Å². The number of rotatable bonds is 8. The van der Waals surface area contributed by atoms with Gasteiger partial charge < -0.3 is 14.8 Å². The van der Waals surface area contributed by atoms with E-state index in [9.17, 15) is 14.4 Å². The zero-order valence-electron chi connectivity index (χ0n) is 24.5. The molecule has 1 aromatic carbocycles. The number of thiophene rings is 1. The summed E-state index contributed by atoms with van der Waals surface area (Å²) in [6.45, 7) is 11.8. The van der Waals surface area contributed by atoms with Gasteiger partial charge in [0.1, 0.15) is 5.00 Å². The third-order valence-electron chi connectivity index (χ3n) is 8.15. The van der Waals surface area contributed by atoms with Gasteiger partial charge in [0.05, 0.1) is 23.3 Å². The molecule has 2 unspecified atom stereocenters. The fourth-order valence-electron chi connectivity index (χ4n) is 5.85. The van der Waals surface area contributed by atoms with E-state index >= 15 is 0 Å². The number of anilines is 1. The number of aromatic nitrogens is 1. The minimum Gasteiger partial charge on any atom is -0.462 e. The highest BCUT2D eigenvalue weighted by Crippen LogP contribution is 2.40. The third-order valence-corrected chi connectivity index (χ3v) is 9.32. The van der Waals surface area contributed by atoms with Crippen LogP contribution in [-0.2, 0) is 40.1 Å². The van der Waals surface area contributed by atoms with Crippen LogP contribution in [0.15, 0.2) is 24.3 Å². The Bertz CT molecular complexity index is 1480. The lowest BCUT2D eigenvalue weighted by atomic mass is 9.88. The average molecular weight is 578 g/mol. The summed E-state index contributed by atoms with van der Waals surface area (Å²) in [5, 5.41) is 4.13. The largest absolute Gasteiger partial charge is 0.462 e. The highest BCUT2D eigenvalue weighted by molar-refractivity contribution is 7.17. The average Bonchev–Trinajstić information content (AvgIpc) is 3.30. The Balaban J connectivity index is 1.44. The monoisotopic (exact) mass is 577 g/mol. The van der Waals surface area contributed by atoms with Gasteiger partial charge in [0.25, 0.3) is 5.91 Å². The summed E-state index contributed by atoms with van der Waals surface area (Å²) in [5.41, 5.74) is 4.41. The van der Waals surface area contributed by atoms with Crippen LogP contribution < -0.4 is 5.32 Å². The molecule has 0 bridgehead atoms. The van der Waals surface area contributed by atoms with Gasteiger partial charge in [-0.15, -0.1) is 11.3 Å². The lowest BCUT2D eigenvalue weighted by molar-refractivity contribution is -0.124. The van der Waals surface area contributed by atoms with Gasteiger partial charge in [-0.05, 0) is 64.0 Å². The molecule has 0 spiro atoms. The first kappa shape index (κ1) is 29.2. The molecule has 2 aromatic heterocycles. The predicted molar refractivity (Wildman–Crippen MR) is 161 cm³/mol. The Hall–Kier alpha value is -3.30. The van der Waals surface area contributed by atoms with E-state index in [-0.39, 0.29) is 13.0 Å². The number of carbonyl (C=O) groups is 3. The second-order valence-electron chi connectivity index (χ2n) is 11.3. The molecule has 5 rings (SSSR count). The molecular formula is C32H39N3O5S. The summed E-state index contributed by atoms with van der Waals surface area (Å²) >= 11 is 1.43. The molecule has 1 N–H and O–H groups in total. The molecule has 0 saturated heterocycles.